The Morgan fingerprint density at radius 3 is 2.54 bits per heavy atom. The third kappa shape index (κ3) is 2.98. The molecule has 2 amide bonds. The van der Waals surface area contributed by atoms with E-state index in [-0.39, 0.29) is 18.3 Å². The van der Waals surface area contributed by atoms with Gasteiger partial charge in [0.05, 0.1) is 16.2 Å². The van der Waals surface area contributed by atoms with Crippen molar-refractivity contribution >= 4 is 21.7 Å². The van der Waals surface area contributed by atoms with Crippen LogP contribution in [0, 0.1) is 0 Å². The van der Waals surface area contributed by atoms with Crippen molar-refractivity contribution in [3.63, 3.8) is 0 Å². The van der Waals surface area contributed by atoms with E-state index in [4.69, 9.17) is 0 Å². The van der Waals surface area contributed by atoms with E-state index in [1.54, 1.807) is 21.8 Å². The number of aromatic nitrogens is 2. The van der Waals surface area contributed by atoms with Crippen molar-refractivity contribution in [3.8, 4) is 5.69 Å². The van der Waals surface area contributed by atoms with Crippen LogP contribution in [-0.4, -0.2) is 52.7 Å². The van der Waals surface area contributed by atoms with Gasteiger partial charge in [0.25, 0.3) is 0 Å². The summed E-state index contributed by atoms with van der Waals surface area (Å²) in [4.78, 5) is 14.2. The summed E-state index contributed by atoms with van der Waals surface area (Å²) in [5.74, 6) is 0.489. The molecule has 0 radical (unpaired) electrons. The SMILES string of the molecule is O=C(Nc1ccn(-c2ccccc2)n1)N1CCC2(CCC2)S(=O)(=O)CC1. The third-order valence-corrected chi connectivity index (χ3v) is 8.18. The van der Waals surface area contributed by atoms with Crippen molar-refractivity contribution in [2.45, 2.75) is 30.4 Å². The van der Waals surface area contributed by atoms with Gasteiger partial charge in [-0.15, -0.1) is 5.10 Å². The van der Waals surface area contributed by atoms with E-state index in [2.05, 4.69) is 10.4 Å². The zero-order valence-electron chi connectivity index (χ0n) is 14.5. The van der Waals surface area contributed by atoms with Crippen molar-refractivity contribution in [2.75, 3.05) is 24.2 Å². The summed E-state index contributed by atoms with van der Waals surface area (Å²) in [5.41, 5.74) is 0.904. The van der Waals surface area contributed by atoms with Crippen molar-refractivity contribution in [1.29, 1.82) is 0 Å². The van der Waals surface area contributed by atoms with Crippen LogP contribution in [-0.2, 0) is 9.84 Å². The van der Waals surface area contributed by atoms with Crippen LogP contribution in [0.1, 0.15) is 25.7 Å². The molecule has 1 aliphatic heterocycles. The molecule has 1 aliphatic carbocycles. The summed E-state index contributed by atoms with van der Waals surface area (Å²) in [6.07, 6.45) is 4.73. The van der Waals surface area contributed by atoms with Gasteiger partial charge in [0.15, 0.2) is 15.7 Å². The lowest BCUT2D eigenvalue weighted by molar-refractivity contribution is 0.209. The molecule has 4 rings (SSSR count). The number of anilines is 1. The van der Waals surface area contributed by atoms with Crippen molar-refractivity contribution in [2.24, 2.45) is 0 Å². The number of carbonyl (C=O) groups excluding carboxylic acids is 1. The number of nitrogens with zero attached hydrogens (tertiary/aromatic N) is 3. The summed E-state index contributed by atoms with van der Waals surface area (Å²) in [7, 11) is -3.14. The quantitative estimate of drug-likeness (QED) is 0.875. The van der Waals surface area contributed by atoms with Gasteiger partial charge in [0.1, 0.15) is 0 Å². The fourth-order valence-electron chi connectivity index (χ4n) is 3.69. The molecule has 1 aromatic carbocycles. The minimum absolute atomic E-state index is 0.0406. The van der Waals surface area contributed by atoms with Gasteiger partial charge in [-0.2, -0.15) is 0 Å². The number of carbonyl (C=O) groups is 1. The van der Waals surface area contributed by atoms with E-state index >= 15 is 0 Å². The second kappa shape index (κ2) is 6.42. The van der Waals surface area contributed by atoms with Gasteiger partial charge < -0.3 is 4.90 Å². The zero-order chi connectivity index (χ0) is 18.2. The first-order chi connectivity index (χ1) is 12.5. The molecule has 138 valence electrons. The number of para-hydroxylation sites is 1. The molecule has 1 saturated carbocycles. The monoisotopic (exact) mass is 374 g/mol. The van der Waals surface area contributed by atoms with Gasteiger partial charge in [0, 0.05) is 25.4 Å². The highest BCUT2D eigenvalue weighted by Crippen LogP contribution is 2.43. The first-order valence-electron chi connectivity index (χ1n) is 8.89. The van der Waals surface area contributed by atoms with Gasteiger partial charge in [0.2, 0.25) is 0 Å². The molecule has 0 unspecified atom stereocenters. The highest BCUT2D eigenvalue weighted by atomic mass is 32.2. The molecule has 1 spiro atoms. The lowest BCUT2D eigenvalue weighted by Gasteiger charge is -2.39. The molecule has 7 nitrogen and oxygen atoms in total. The Kier molecular flexibility index (Phi) is 4.22. The number of hydrogen-bond donors (Lipinski definition) is 1. The van der Waals surface area contributed by atoms with Crippen LogP contribution in [0.15, 0.2) is 42.6 Å². The molecule has 2 heterocycles. The van der Waals surface area contributed by atoms with E-state index in [1.165, 1.54) is 0 Å². The standard InChI is InChI=1S/C18H22N4O3S/c23-17(19-16-7-11-22(20-16)15-5-2-1-3-6-15)21-12-10-18(8-4-9-18)26(24,25)14-13-21/h1-3,5-7,11H,4,8-10,12-14H2,(H,19,20,23). The molecule has 2 fully saturated rings. The molecule has 2 aromatic rings. The van der Waals surface area contributed by atoms with Gasteiger partial charge in [-0.3, -0.25) is 5.32 Å². The minimum atomic E-state index is -3.14. The Labute approximate surface area is 152 Å². The predicted octanol–water partition coefficient (Wildman–Crippen LogP) is 2.45. The molecular formula is C18H22N4O3S. The third-order valence-electron chi connectivity index (χ3n) is 5.52. The summed E-state index contributed by atoms with van der Waals surface area (Å²) < 4.78 is 26.1. The number of nitrogens with one attached hydrogen (secondary N) is 1. The van der Waals surface area contributed by atoms with E-state index < -0.39 is 14.6 Å². The highest BCUT2D eigenvalue weighted by molar-refractivity contribution is 7.92. The van der Waals surface area contributed by atoms with Crippen LogP contribution >= 0.6 is 0 Å². The Morgan fingerprint density at radius 1 is 1.08 bits per heavy atom. The van der Waals surface area contributed by atoms with Crippen LogP contribution in [0.3, 0.4) is 0 Å². The van der Waals surface area contributed by atoms with Gasteiger partial charge in [-0.05, 0) is 31.4 Å². The lowest BCUT2D eigenvalue weighted by Crippen LogP contribution is -2.46. The largest absolute Gasteiger partial charge is 0.323 e. The van der Waals surface area contributed by atoms with Crippen molar-refractivity contribution in [1.82, 2.24) is 14.7 Å². The normalized spacial score (nSPS) is 21.0. The zero-order valence-corrected chi connectivity index (χ0v) is 15.3. The minimum Gasteiger partial charge on any atom is -0.323 e. The molecule has 26 heavy (non-hydrogen) atoms. The van der Waals surface area contributed by atoms with E-state index in [0.29, 0.717) is 18.8 Å². The Balaban J connectivity index is 1.43. The van der Waals surface area contributed by atoms with Crippen LogP contribution in [0.5, 0.6) is 0 Å². The van der Waals surface area contributed by atoms with Crippen molar-refractivity contribution in [3.05, 3.63) is 42.6 Å². The molecule has 1 aromatic heterocycles. The summed E-state index contributed by atoms with van der Waals surface area (Å²) >= 11 is 0. The maximum atomic E-state index is 12.6. The molecule has 8 heteroatoms. The average molecular weight is 374 g/mol. The Bertz CT molecular complexity index is 904. The molecule has 0 bridgehead atoms. The predicted molar refractivity (Wildman–Crippen MR) is 99.1 cm³/mol. The number of benzene rings is 1. The Morgan fingerprint density at radius 2 is 1.85 bits per heavy atom. The van der Waals surface area contributed by atoms with Gasteiger partial charge >= 0.3 is 6.03 Å². The highest BCUT2D eigenvalue weighted by Gasteiger charge is 2.49. The lowest BCUT2D eigenvalue weighted by atomic mass is 9.81. The summed E-state index contributed by atoms with van der Waals surface area (Å²) in [6.45, 7) is 0.694. The van der Waals surface area contributed by atoms with Crippen molar-refractivity contribution < 1.29 is 13.2 Å². The summed E-state index contributed by atoms with van der Waals surface area (Å²) in [5, 5.41) is 7.14. The number of hydrogen-bond acceptors (Lipinski definition) is 4. The molecule has 1 saturated heterocycles. The maximum Gasteiger partial charge on any atom is 0.323 e. The number of urea groups is 1. The Hall–Kier alpha value is -2.35. The van der Waals surface area contributed by atoms with Crippen LogP contribution in [0.2, 0.25) is 0 Å². The first kappa shape index (κ1) is 17.1. The fourth-order valence-corrected chi connectivity index (χ4v) is 5.90. The molecule has 2 aliphatic rings. The number of sulfone groups is 1. The topological polar surface area (TPSA) is 84.3 Å². The second-order valence-electron chi connectivity index (χ2n) is 7.00. The van der Waals surface area contributed by atoms with E-state index in [1.807, 2.05) is 30.3 Å². The van der Waals surface area contributed by atoms with Gasteiger partial charge in [-0.25, -0.2) is 17.9 Å². The van der Waals surface area contributed by atoms with Crippen LogP contribution < -0.4 is 5.32 Å². The molecule has 0 atom stereocenters. The number of rotatable bonds is 2. The van der Waals surface area contributed by atoms with Crippen LogP contribution in [0.4, 0.5) is 10.6 Å². The van der Waals surface area contributed by atoms with Gasteiger partial charge in [-0.1, -0.05) is 24.6 Å². The van der Waals surface area contributed by atoms with E-state index in [0.717, 1.165) is 24.9 Å². The smallest absolute Gasteiger partial charge is 0.323 e. The average Bonchev–Trinajstić information content (AvgIpc) is 2.99. The first-order valence-corrected chi connectivity index (χ1v) is 10.5. The number of amides is 2. The van der Waals surface area contributed by atoms with E-state index in [9.17, 15) is 13.2 Å². The second-order valence-corrected chi connectivity index (χ2v) is 9.51. The van der Waals surface area contributed by atoms with Crippen LogP contribution in [0.25, 0.3) is 5.69 Å². The summed E-state index contributed by atoms with van der Waals surface area (Å²) in [6, 6.07) is 11.1. The maximum absolute atomic E-state index is 12.6. The fraction of sp³-hybridized carbons (Fsp3) is 0.444. The molecular weight excluding hydrogens is 352 g/mol. The molecule has 1 N–H and O–H groups in total.